The van der Waals surface area contributed by atoms with Crippen molar-refractivity contribution in [2.24, 2.45) is 5.92 Å². The molecule has 5 atom stereocenters. The lowest BCUT2D eigenvalue weighted by Crippen LogP contribution is -2.46. The van der Waals surface area contributed by atoms with E-state index in [2.05, 4.69) is 40.8 Å². The molecule has 0 fully saturated rings. The summed E-state index contributed by atoms with van der Waals surface area (Å²) in [5.74, 6) is 0.989. The molecule has 1 heterocycles. The van der Waals surface area contributed by atoms with Gasteiger partial charge < -0.3 is 33.2 Å². The number of aliphatic hydroxyl groups excluding tert-OH is 1. The van der Waals surface area contributed by atoms with Crippen molar-refractivity contribution in [3.8, 4) is 5.75 Å². The van der Waals surface area contributed by atoms with Crippen molar-refractivity contribution in [1.29, 1.82) is 0 Å². The van der Waals surface area contributed by atoms with Gasteiger partial charge in [-0.15, -0.1) is 0 Å². The second kappa shape index (κ2) is 15.9. The molecule has 0 radical (unpaired) electrons. The number of methoxy groups -OCH3 is 1. The number of aliphatic hydroxyl groups is 1. The summed E-state index contributed by atoms with van der Waals surface area (Å²) in [6.07, 6.45) is 6.49. The van der Waals surface area contributed by atoms with E-state index in [1.165, 1.54) is 0 Å². The molecule has 0 saturated carbocycles. The van der Waals surface area contributed by atoms with Gasteiger partial charge in [-0.3, -0.25) is 0 Å². The Morgan fingerprint density at radius 1 is 1.08 bits per heavy atom. The molecule has 216 valence electrons. The molecule has 2 rings (SSSR count). The molecular formula is C30H50O7Si. The van der Waals surface area contributed by atoms with Crippen LogP contribution in [0.15, 0.2) is 48.6 Å². The first-order chi connectivity index (χ1) is 18.0. The summed E-state index contributed by atoms with van der Waals surface area (Å²) in [5.41, 5.74) is 1.10. The van der Waals surface area contributed by atoms with Crippen LogP contribution in [0.4, 0.5) is 0 Å². The van der Waals surface area contributed by atoms with Gasteiger partial charge in [0.25, 0.3) is 0 Å². The summed E-state index contributed by atoms with van der Waals surface area (Å²) in [6.45, 7) is 17.9. The minimum absolute atomic E-state index is 0.0573. The highest BCUT2D eigenvalue weighted by Crippen LogP contribution is 2.38. The van der Waals surface area contributed by atoms with Crippen LogP contribution in [0.3, 0.4) is 0 Å². The third kappa shape index (κ3) is 10.9. The predicted molar refractivity (Wildman–Crippen MR) is 154 cm³/mol. The lowest BCUT2D eigenvalue weighted by molar-refractivity contribution is -0.116. The van der Waals surface area contributed by atoms with E-state index < -0.39 is 26.8 Å². The Balaban J connectivity index is 1.93. The fraction of sp³-hybridized carbons (Fsp3) is 0.667. The lowest BCUT2D eigenvalue weighted by Gasteiger charge is -2.40. The number of hydrogen-bond donors (Lipinski definition) is 1. The maximum Gasteiger partial charge on any atom is 0.195 e. The lowest BCUT2D eigenvalue weighted by atomic mass is 10.0. The van der Waals surface area contributed by atoms with Crippen LogP contribution in [0, 0.1) is 5.92 Å². The zero-order chi connectivity index (χ0) is 28.2. The second-order valence-corrected chi connectivity index (χ2v) is 16.1. The molecule has 0 bridgehead atoms. The normalized spacial score (nSPS) is 22.1. The van der Waals surface area contributed by atoms with Gasteiger partial charge in [0.05, 0.1) is 39.6 Å². The van der Waals surface area contributed by atoms with Gasteiger partial charge in [0.1, 0.15) is 18.0 Å². The van der Waals surface area contributed by atoms with E-state index in [9.17, 15) is 5.11 Å². The summed E-state index contributed by atoms with van der Waals surface area (Å²) in [5, 5.41) is 10.6. The topological polar surface area (TPSA) is 75.6 Å². The van der Waals surface area contributed by atoms with E-state index in [0.717, 1.165) is 11.3 Å². The Hall–Kier alpha value is -1.52. The summed E-state index contributed by atoms with van der Waals surface area (Å²) in [6, 6.07) is 7.89. The van der Waals surface area contributed by atoms with Crippen LogP contribution in [0.2, 0.25) is 18.1 Å². The van der Waals surface area contributed by atoms with Crippen molar-refractivity contribution < 1.29 is 33.2 Å². The van der Waals surface area contributed by atoms with Gasteiger partial charge in [0, 0.05) is 12.5 Å². The molecule has 7 nitrogen and oxygen atoms in total. The van der Waals surface area contributed by atoms with Crippen molar-refractivity contribution in [3.05, 3.63) is 54.1 Å². The van der Waals surface area contributed by atoms with Crippen LogP contribution in [0.5, 0.6) is 5.75 Å². The number of ether oxygens (including phenoxy) is 5. The third-order valence-corrected chi connectivity index (χ3v) is 11.6. The predicted octanol–water partition coefficient (Wildman–Crippen LogP) is 5.88. The summed E-state index contributed by atoms with van der Waals surface area (Å²) < 4.78 is 35.3. The number of rotatable bonds is 16. The van der Waals surface area contributed by atoms with E-state index in [1.54, 1.807) is 13.2 Å². The smallest absolute Gasteiger partial charge is 0.195 e. The standard InChI is InChI=1S/C30H50O7Si/c1-9-33-19-20-35-27(23(2)21-34-22-24-13-15-25(32-6)16-14-24)11-10-12-28-26(31)17-18-29(36-28)37-38(7,8)30(3,4)5/h10,12-18,23,26-29,31H,9,11,19-22H2,1-8H3/b12-10+/t23-,26-,27-,28-,29?/m0/s1. The van der Waals surface area contributed by atoms with Gasteiger partial charge in [0.2, 0.25) is 0 Å². The molecule has 1 unspecified atom stereocenters. The molecule has 1 N–H and O–H groups in total. The molecule has 0 spiro atoms. The first-order valence-corrected chi connectivity index (χ1v) is 16.6. The quantitative estimate of drug-likeness (QED) is 0.156. The van der Waals surface area contributed by atoms with Gasteiger partial charge in [-0.2, -0.15) is 0 Å². The molecule has 38 heavy (non-hydrogen) atoms. The Bertz CT molecular complexity index is 847. The highest BCUT2D eigenvalue weighted by molar-refractivity contribution is 6.74. The minimum atomic E-state index is -2.01. The highest BCUT2D eigenvalue weighted by Gasteiger charge is 2.40. The van der Waals surface area contributed by atoms with Crippen molar-refractivity contribution in [2.75, 3.05) is 33.5 Å². The maximum atomic E-state index is 10.5. The second-order valence-electron chi connectivity index (χ2n) is 11.3. The molecule has 1 aromatic rings. The number of hydrogen-bond acceptors (Lipinski definition) is 7. The Morgan fingerprint density at radius 2 is 1.79 bits per heavy atom. The van der Waals surface area contributed by atoms with Crippen molar-refractivity contribution in [1.82, 2.24) is 0 Å². The SMILES string of the molecule is CCOCCO[C@@H](C/C=C/[C@@H]1OC(O[Si](C)(C)C(C)(C)C)C=C[C@@H]1O)[C@@H](C)COCc1ccc(OC)cc1. The van der Waals surface area contributed by atoms with E-state index in [0.29, 0.717) is 39.5 Å². The Labute approximate surface area is 231 Å². The van der Waals surface area contributed by atoms with E-state index >= 15 is 0 Å². The maximum absolute atomic E-state index is 10.5. The molecule has 0 aliphatic carbocycles. The zero-order valence-electron chi connectivity index (χ0n) is 24.6. The van der Waals surface area contributed by atoms with Crippen LogP contribution in [0.25, 0.3) is 0 Å². The highest BCUT2D eigenvalue weighted by atomic mass is 28.4. The molecule has 0 aromatic heterocycles. The Morgan fingerprint density at radius 3 is 2.42 bits per heavy atom. The molecule has 1 aliphatic heterocycles. The fourth-order valence-corrected chi connectivity index (χ4v) is 4.76. The molecule has 1 aromatic carbocycles. The average molecular weight is 551 g/mol. The summed E-state index contributed by atoms with van der Waals surface area (Å²) >= 11 is 0. The Kier molecular flexibility index (Phi) is 13.7. The minimum Gasteiger partial charge on any atom is -0.497 e. The first kappa shape index (κ1) is 32.7. The monoisotopic (exact) mass is 550 g/mol. The van der Waals surface area contributed by atoms with Crippen molar-refractivity contribution in [2.45, 2.75) is 90.4 Å². The van der Waals surface area contributed by atoms with Gasteiger partial charge in [-0.25, -0.2) is 0 Å². The largest absolute Gasteiger partial charge is 0.497 e. The van der Waals surface area contributed by atoms with E-state index in [-0.39, 0.29) is 17.1 Å². The average Bonchev–Trinajstić information content (AvgIpc) is 2.86. The summed E-state index contributed by atoms with van der Waals surface area (Å²) in [7, 11) is -0.347. The van der Waals surface area contributed by atoms with Gasteiger partial charge >= 0.3 is 0 Å². The number of benzene rings is 1. The van der Waals surface area contributed by atoms with Crippen LogP contribution < -0.4 is 4.74 Å². The molecule has 0 amide bonds. The third-order valence-electron chi connectivity index (χ3n) is 7.21. The van der Waals surface area contributed by atoms with Crippen LogP contribution in [0.1, 0.15) is 46.6 Å². The zero-order valence-corrected chi connectivity index (χ0v) is 25.6. The van der Waals surface area contributed by atoms with Gasteiger partial charge in [0.15, 0.2) is 14.6 Å². The van der Waals surface area contributed by atoms with Crippen LogP contribution >= 0.6 is 0 Å². The van der Waals surface area contributed by atoms with Gasteiger partial charge in [-0.05, 0) is 55.2 Å². The molecule has 8 heteroatoms. The fourth-order valence-electron chi connectivity index (χ4n) is 3.69. The van der Waals surface area contributed by atoms with E-state index in [1.807, 2.05) is 49.4 Å². The van der Waals surface area contributed by atoms with Crippen molar-refractivity contribution >= 4 is 8.32 Å². The van der Waals surface area contributed by atoms with E-state index in [4.69, 9.17) is 28.1 Å². The van der Waals surface area contributed by atoms with Crippen LogP contribution in [-0.2, 0) is 30.0 Å². The molecule has 0 saturated heterocycles. The molecular weight excluding hydrogens is 500 g/mol. The molecule has 1 aliphatic rings. The first-order valence-electron chi connectivity index (χ1n) is 13.7. The van der Waals surface area contributed by atoms with Crippen molar-refractivity contribution in [3.63, 3.8) is 0 Å². The summed E-state index contributed by atoms with van der Waals surface area (Å²) in [4.78, 5) is 0. The van der Waals surface area contributed by atoms with Gasteiger partial charge in [-0.1, -0.05) is 58.1 Å². The van der Waals surface area contributed by atoms with Crippen LogP contribution in [-0.4, -0.2) is 71.6 Å².